The average molecular weight is 389 g/mol. The predicted molar refractivity (Wildman–Crippen MR) is 106 cm³/mol. The van der Waals surface area contributed by atoms with Crippen molar-refractivity contribution in [1.29, 1.82) is 0 Å². The quantitative estimate of drug-likeness (QED) is 0.782. The van der Waals surface area contributed by atoms with Crippen LogP contribution in [0.25, 0.3) is 0 Å². The molecule has 0 spiro atoms. The van der Waals surface area contributed by atoms with Crippen LogP contribution < -0.4 is 0 Å². The number of rotatable bonds is 4. The van der Waals surface area contributed by atoms with Crippen molar-refractivity contribution in [2.75, 3.05) is 44.2 Å². The fourth-order valence-electron chi connectivity index (χ4n) is 4.43. The van der Waals surface area contributed by atoms with Gasteiger partial charge in [0.2, 0.25) is 11.8 Å². The van der Waals surface area contributed by atoms with Crippen molar-refractivity contribution in [2.45, 2.75) is 31.8 Å². The molecule has 2 amide bonds. The number of pyridine rings is 1. The van der Waals surface area contributed by atoms with Crippen molar-refractivity contribution in [2.24, 2.45) is 5.92 Å². The first-order valence-corrected chi connectivity index (χ1v) is 11.1. The Kier molecular flexibility index (Phi) is 5.98. The third kappa shape index (κ3) is 4.46. The van der Waals surface area contributed by atoms with Gasteiger partial charge in [-0.1, -0.05) is 6.07 Å². The first kappa shape index (κ1) is 18.7. The van der Waals surface area contributed by atoms with Crippen LogP contribution in [0.15, 0.2) is 24.4 Å². The number of likely N-dealkylation sites (tertiary alicyclic amines) is 2. The highest BCUT2D eigenvalue weighted by Gasteiger charge is 2.38. The monoisotopic (exact) mass is 388 g/mol. The van der Waals surface area contributed by atoms with Crippen LogP contribution in [0.1, 0.15) is 25.0 Å². The Labute approximate surface area is 165 Å². The van der Waals surface area contributed by atoms with Gasteiger partial charge in [-0.15, -0.1) is 0 Å². The van der Waals surface area contributed by atoms with Gasteiger partial charge in [0.1, 0.15) is 0 Å². The highest BCUT2D eigenvalue weighted by atomic mass is 32.2. The Morgan fingerprint density at radius 3 is 2.63 bits per heavy atom. The van der Waals surface area contributed by atoms with E-state index in [1.807, 2.05) is 34.9 Å². The molecule has 3 saturated heterocycles. The van der Waals surface area contributed by atoms with Gasteiger partial charge in [-0.25, -0.2) is 0 Å². The van der Waals surface area contributed by atoms with Crippen molar-refractivity contribution in [1.82, 2.24) is 19.7 Å². The molecule has 4 rings (SSSR count). The van der Waals surface area contributed by atoms with E-state index in [0.717, 1.165) is 31.6 Å². The average Bonchev–Trinajstić information content (AvgIpc) is 3.09. The largest absolute Gasteiger partial charge is 0.342 e. The zero-order valence-corrected chi connectivity index (χ0v) is 16.6. The number of thioether (sulfide) groups is 1. The molecule has 0 radical (unpaired) electrons. The van der Waals surface area contributed by atoms with Gasteiger partial charge >= 0.3 is 0 Å². The lowest BCUT2D eigenvalue weighted by atomic mass is 10.00. The maximum absolute atomic E-state index is 12.9. The van der Waals surface area contributed by atoms with Crippen LogP contribution in [0.2, 0.25) is 0 Å². The summed E-state index contributed by atoms with van der Waals surface area (Å²) in [5, 5.41) is 0. The molecule has 0 bridgehead atoms. The Balaban J connectivity index is 1.28. The third-order valence-electron chi connectivity index (χ3n) is 5.98. The molecule has 3 aliphatic rings. The number of carbonyl (C=O) groups excluding carboxylic acids is 2. The number of nitrogens with zero attached hydrogens (tertiary/aromatic N) is 4. The standard InChI is InChI=1S/C20H28N4O2S/c25-19-13-16(14-24(19)15-17-3-1-2-6-21-17)20(26)23-7-4-18(5-8-23)22-9-11-27-12-10-22/h1-3,6,16,18H,4-5,7-15H2. The number of piperidine rings is 1. The van der Waals surface area contributed by atoms with Crippen molar-refractivity contribution in [3.8, 4) is 0 Å². The molecule has 4 heterocycles. The second-order valence-corrected chi connectivity index (χ2v) is 8.93. The summed E-state index contributed by atoms with van der Waals surface area (Å²) in [7, 11) is 0. The SMILES string of the molecule is O=C1CC(C(=O)N2CCC(N3CCSCC3)CC2)CN1Cc1ccccn1. The first-order valence-electron chi connectivity index (χ1n) is 9.99. The lowest BCUT2D eigenvalue weighted by molar-refractivity contribution is -0.137. The summed E-state index contributed by atoms with van der Waals surface area (Å²) in [6.45, 7) is 5.05. The van der Waals surface area contributed by atoms with Crippen LogP contribution in [0.4, 0.5) is 0 Å². The van der Waals surface area contributed by atoms with E-state index in [1.54, 1.807) is 11.1 Å². The molecule has 0 saturated carbocycles. The highest BCUT2D eigenvalue weighted by molar-refractivity contribution is 7.99. The number of hydrogen-bond acceptors (Lipinski definition) is 5. The summed E-state index contributed by atoms with van der Waals surface area (Å²) >= 11 is 2.04. The second-order valence-electron chi connectivity index (χ2n) is 7.70. The van der Waals surface area contributed by atoms with Gasteiger partial charge in [0.05, 0.1) is 18.2 Å². The molecule has 27 heavy (non-hydrogen) atoms. The summed E-state index contributed by atoms with van der Waals surface area (Å²) in [4.78, 5) is 36.0. The van der Waals surface area contributed by atoms with E-state index in [4.69, 9.17) is 0 Å². The zero-order valence-electron chi connectivity index (χ0n) is 15.8. The van der Waals surface area contributed by atoms with Crippen molar-refractivity contribution in [3.63, 3.8) is 0 Å². The molecule has 6 nitrogen and oxygen atoms in total. The summed E-state index contributed by atoms with van der Waals surface area (Å²) in [5.41, 5.74) is 0.874. The smallest absolute Gasteiger partial charge is 0.227 e. The topological polar surface area (TPSA) is 56.8 Å². The van der Waals surface area contributed by atoms with Gasteiger partial charge in [0, 0.05) is 62.9 Å². The maximum Gasteiger partial charge on any atom is 0.227 e. The van der Waals surface area contributed by atoms with Crippen LogP contribution in [0.5, 0.6) is 0 Å². The summed E-state index contributed by atoms with van der Waals surface area (Å²) in [5.74, 6) is 2.51. The van der Waals surface area contributed by atoms with Gasteiger partial charge in [-0.2, -0.15) is 11.8 Å². The summed E-state index contributed by atoms with van der Waals surface area (Å²) in [6.07, 6.45) is 4.21. The van der Waals surface area contributed by atoms with Crippen LogP contribution in [0, 0.1) is 5.92 Å². The third-order valence-corrected chi connectivity index (χ3v) is 6.92. The normalized spacial score (nSPS) is 25.2. The molecular formula is C20H28N4O2S. The number of hydrogen-bond donors (Lipinski definition) is 0. The van der Waals surface area contributed by atoms with Crippen molar-refractivity contribution >= 4 is 23.6 Å². The molecule has 3 fully saturated rings. The minimum atomic E-state index is -0.191. The molecule has 1 aromatic rings. The Bertz CT molecular complexity index is 657. The molecule has 1 atom stereocenters. The van der Waals surface area contributed by atoms with E-state index in [0.29, 0.717) is 25.6 Å². The van der Waals surface area contributed by atoms with E-state index in [2.05, 4.69) is 9.88 Å². The first-order chi connectivity index (χ1) is 13.2. The van der Waals surface area contributed by atoms with Crippen LogP contribution >= 0.6 is 11.8 Å². The van der Waals surface area contributed by atoms with E-state index < -0.39 is 0 Å². The minimum absolute atomic E-state index is 0.0692. The second kappa shape index (κ2) is 8.61. The minimum Gasteiger partial charge on any atom is -0.342 e. The number of carbonyl (C=O) groups is 2. The maximum atomic E-state index is 12.9. The molecule has 1 unspecified atom stereocenters. The van der Waals surface area contributed by atoms with Crippen molar-refractivity contribution in [3.05, 3.63) is 30.1 Å². The number of amides is 2. The van der Waals surface area contributed by atoms with Gasteiger partial charge in [-0.05, 0) is 25.0 Å². The summed E-state index contributed by atoms with van der Waals surface area (Å²) < 4.78 is 0. The van der Waals surface area contributed by atoms with Gasteiger partial charge in [0.15, 0.2) is 0 Å². The van der Waals surface area contributed by atoms with E-state index >= 15 is 0 Å². The fraction of sp³-hybridized carbons (Fsp3) is 0.650. The molecule has 0 N–H and O–H groups in total. The molecular weight excluding hydrogens is 360 g/mol. The molecule has 7 heteroatoms. The van der Waals surface area contributed by atoms with Gasteiger partial charge in [0.25, 0.3) is 0 Å². The molecule has 3 aliphatic heterocycles. The predicted octanol–water partition coefficient (Wildman–Crippen LogP) is 1.47. The van der Waals surface area contributed by atoms with E-state index in [1.165, 1.54) is 24.6 Å². The number of aromatic nitrogens is 1. The van der Waals surface area contributed by atoms with E-state index in [-0.39, 0.29) is 17.7 Å². The Morgan fingerprint density at radius 2 is 1.93 bits per heavy atom. The lowest BCUT2D eigenvalue weighted by Crippen LogP contribution is -2.50. The van der Waals surface area contributed by atoms with Crippen LogP contribution in [-0.4, -0.2) is 81.8 Å². The molecule has 1 aromatic heterocycles. The molecule has 0 aliphatic carbocycles. The van der Waals surface area contributed by atoms with Gasteiger partial charge in [-0.3, -0.25) is 19.5 Å². The Morgan fingerprint density at radius 1 is 1.15 bits per heavy atom. The van der Waals surface area contributed by atoms with E-state index in [9.17, 15) is 9.59 Å². The fourth-order valence-corrected chi connectivity index (χ4v) is 5.36. The lowest BCUT2D eigenvalue weighted by Gasteiger charge is -2.40. The summed E-state index contributed by atoms with van der Waals surface area (Å²) in [6, 6.07) is 6.34. The zero-order chi connectivity index (χ0) is 18.6. The van der Waals surface area contributed by atoms with Crippen molar-refractivity contribution < 1.29 is 9.59 Å². The van der Waals surface area contributed by atoms with Crippen LogP contribution in [-0.2, 0) is 16.1 Å². The molecule has 146 valence electrons. The van der Waals surface area contributed by atoms with Crippen LogP contribution in [0.3, 0.4) is 0 Å². The Hall–Kier alpha value is -1.60. The molecule has 0 aromatic carbocycles. The highest BCUT2D eigenvalue weighted by Crippen LogP contribution is 2.25. The van der Waals surface area contributed by atoms with Gasteiger partial charge < -0.3 is 9.80 Å².